The minimum absolute atomic E-state index is 0.0736. The number of rotatable bonds is 5. The number of halogens is 1. The molecule has 0 aromatic rings. The van der Waals surface area contributed by atoms with Crippen LogP contribution in [0.4, 0.5) is 0 Å². The van der Waals surface area contributed by atoms with E-state index in [0.717, 1.165) is 6.42 Å². The number of hydrogen-bond acceptors (Lipinski definition) is 3. The van der Waals surface area contributed by atoms with Crippen molar-refractivity contribution in [2.75, 3.05) is 12.4 Å². The van der Waals surface area contributed by atoms with Gasteiger partial charge in [0.25, 0.3) is 5.91 Å². The molecule has 0 aliphatic carbocycles. The summed E-state index contributed by atoms with van der Waals surface area (Å²) in [6.07, 6.45) is 2.21. The predicted molar refractivity (Wildman–Crippen MR) is 64.9 cm³/mol. The second-order valence-corrected chi connectivity index (χ2v) is 4.75. The van der Waals surface area contributed by atoms with Crippen LogP contribution in [0.25, 0.3) is 0 Å². The Balaban J connectivity index is 4.28. The Morgan fingerprint density at radius 3 is 2.56 bits per heavy atom. The van der Waals surface area contributed by atoms with Crippen LogP contribution < -0.4 is 10.6 Å². The first-order valence-electron chi connectivity index (χ1n) is 5.13. The molecule has 1 amide bonds. The van der Waals surface area contributed by atoms with Gasteiger partial charge in [0.15, 0.2) is 0 Å². The van der Waals surface area contributed by atoms with Gasteiger partial charge in [-0.05, 0) is 27.2 Å². The molecule has 0 fully saturated rings. The summed E-state index contributed by atoms with van der Waals surface area (Å²) in [5.74, 6) is 0.185. The Morgan fingerprint density at radius 2 is 2.12 bits per heavy atom. The zero-order chi connectivity index (χ0) is 12.6. The number of carbonyl (C=O) groups is 1. The summed E-state index contributed by atoms with van der Waals surface area (Å²) in [4.78, 5) is 11.6. The van der Waals surface area contributed by atoms with E-state index in [0.29, 0.717) is 12.4 Å². The molecular weight excluding hydrogens is 226 g/mol. The fraction of sp³-hybridized carbons (Fsp3) is 0.636. The van der Waals surface area contributed by atoms with Crippen molar-refractivity contribution in [3.63, 3.8) is 0 Å². The zero-order valence-electron chi connectivity index (χ0n) is 9.93. The molecule has 16 heavy (non-hydrogen) atoms. The molecule has 0 saturated heterocycles. The number of amides is 1. The van der Waals surface area contributed by atoms with Gasteiger partial charge in [0.2, 0.25) is 0 Å². The lowest BCUT2D eigenvalue weighted by atomic mass is 10.1. The third kappa shape index (κ3) is 7.13. The molecule has 0 aromatic carbocycles. The zero-order valence-corrected chi connectivity index (χ0v) is 10.7. The Kier molecular flexibility index (Phi) is 6.59. The lowest BCUT2D eigenvalue weighted by Crippen LogP contribution is -2.41. The summed E-state index contributed by atoms with van der Waals surface area (Å²) in [5, 5.41) is 14.4. The van der Waals surface area contributed by atoms with Crippen molar-refractivity contribution in [3.05, 3.63) is 11.8 Å². The molecule has 0 heterocycles. The highest BCUT2D eigenvalue weighted by Gasteiger charge is 2.16. The standard InChI is InChI=1S/C11H18ClN3O/c1-11(2,3)15-10(16)9(7-13)8-14-6-4-5-12/h8,14H,4-6H2,1-3H3,(H,15,16)/b9-8-. The molecule has 0 rings (SSSR count). The third-order valence-corrected chi connectivity index (χ3v) is 1.82. The molecule has 0 unspecified atom stereocenters. The SMILES string of the molecule is CC(C)(C)NC(=O)/C(C#N)=C\NCCCCl. The molecule has 4 nitrogen and oxygen atoms in total. The molecule has 0 bridgehead atoms. The number of hydrogen-bond donors (Lipinski definition) is 2. The highest BCUT2D eigenvalue weighted by Crippen LogP contribution is 2.01. The summed E-state index contributed by atoms with van der Waals surface area (Å²) in [7, 11) is 0. The second-order valence-electron chi connectivity index (χ2n) is 4.37. The molecular formula is C11H18ClN3O. The van der Waals surface area contributed by atoms with Gasteiger partial charge in [0.1, 0.15) is 11.6 Å². The number of nitrogens with one attached hydrogen (secondary N) is 2. The molecule has 0 atom stereocenters. The van der Waals surface area contributed by atoms with Crippen molar-refractivity contribution < 1.29 is 4.79 Å². The van der Waals surface area contributed by atoms with Crippen LogP contribution in [0, 0.1) is 11.3 Å². The first-order valence-corrected chi connectivity index (χ1v) is 5.66. The van der Waals surface area contributed by atoms with Crippen molar-refractivity contribution in [1.29, 1.82) is 5.26 Å². The summed E-state index contributed by atoms with van der Waals surface area (Å²) >= 11 is 5.50. The third-order valence-electron chi connectivity index (χ3n) is 1.55. The van der Waals surface area contributed by atoms with E-state index in [-0.39, 0.29) is 17.0 Å². The molecule has 0 radical (unpaired) electrons. The maximum absolute atomic E-state index is 11.6. The monoisotopic (exact) mass is 243 g/mol. The van der Waals surface area contributed by atoms with E-state index in [4.69, 9.17) is 16.9 Å². The van der Waals surface area contributed by atoms with Crippen molar-refractivity contribution in [3.8, 4) is 6.07 Å². The first-order chi connectivity index (χ1) is 7.40. The normalized spacial score (nSPS) is 11.8. The quantitative estimate of drug-likeness (QED) is 0.333. The number of nitriles is 1. The van der Waals surface area contributed by atoms with Crippen LogP contribution in [0.3, 0.4) is 0 Å². The lowest BCUT2D eigenvalue weighted by molar-refractivity contribution is -0.118. The van der Waals surface area contributed by atoms with Crippen molar-refractivity contribution in [2.45, 2.75) is 32.7 Å². The maximum Gasteiger partial charge on any atom is 0.263 e. The smallest absolute Gasteiger partial charge is 0.263 e. The predicted octanol–water partition coefficient (Wildman–Crippen LogP) is 1.53. The van der Waals surface area contributed by atoms with Gasteiger partial charge in [0, 0.05) is 24.2 Å². The minimum Gasteiger partial charge on any atom is -0.390 e. The lowest BCUT2D eigenvalue weighted by Gasteiger charge is -2.19. The highest BCUT2D eigenvalue weighted by atomic mass is 35.5. The van der Waals surface area contributed by atoms with Gasteiger partial charge in [-0.15, -0.1) is 11.6 Å². The van der Waals surface area contributed by atoms with Gasteiger partial charge in [0.05, 0.1) is 0 Å². The van der Waals surface area contributed by atoms with E-state index in [1.807, 2.05) is 26.8 Å². The topological polar surface area (TPSA) is 64.9 Å². The van der Waals surface area contributed by atoms with Gasteiger partial charge in [-0.3, -0.25) is 4.79 Å². The van der Waals surface area contributed by atoms with Crippen molar-refractivity contribution in [2.24, 2.45) is 0 Å². The van der Waals surface area contributed by atoms with E-state index in [2.05, 4.69) is 10.6 Å². The van der Waals surface area contributed by atoms with Crippen LogP contribution in [0.15, 0.2) is 11.8 Å². The van der Waals surface area contributed by atoms with Gasteiger partial charge < -0.3 is 10.6 Å². The van der Waals surface area contributed by atoms with Crippen molar-refractivity contribution in [1.82, 2.24) is 10.6 Å². The Labute approximate surface area is 102 Å². The second kappa shape index (κ2) is 7.13. The highest BCUT2D eigenvalue weighted by molar-refractivity contribution is 6.17. The van der Waals surface area contributed by atoms with Crippen LogP contribution >= 0.6 is 11.6 Å². The molecule has 0 saturated carbocycles. The van der Waals surface area contributed by atoms with E-state index in [9.17, 15) is 4.79 Å². The largest absolute Gasteiger partial charge is 0.390 e. The van der Waals surface area contributed by atoms with Gasteiger partial charge in [-0.2, -0.15) is 5.26 Å². The van der Waals surface area contributed by atoms with E-state index < -0.39 is 0 Å². The van der Waals surface area contributed by atoms with Crippen LogP contribution in [0.5, 0.6) is 0 Å². The van der Waals surface area contributed by atoms with Gasteiger partial charge >= 0.3 is 0 Å². The first kappa shape index (κ1) is 14.8. The molecule has 5 heteroatoms. The Bertz CT molecular complexity index is 299. The summed E-state index contributed by atoms with van der Waals surface area (Å²) in [6, 6.07) is 1.85. The van der Waals surface area contributed by atoms with Crippen molar-refractivity contribution >= 4 is 17.5 Å². The summed E-state index contributed by atoms with van der Waals surface area (Å²) < 4.78 is 0. The fourth-order valence-electron chi connectivity index (χ4n) is 0.900. The van der Waals surface area contributed by atoms with Crippen LogP contribution in [-0.2, 0) is 4.79 Å². The number of carbonyl (C=O) groups excluding carboxylic acids is 1. The number of alkyl halides is 1. The van der Waals surface area contributed by atoms with Gasteiger partial charge in [-0.25, -0.2) is 0 Å². The molecule has 0 aliphatic rings. The Hall–Kier alpha value is -1.21. The van der Waals surface area contributed by atoms with Crippen LogP contribution in [0.1, 0.15) is 27.2 Å². The Morgan fingerprint density at radius 1 is 1.50 bits per heavy atom. The van der Waals surface area contributed by atoms with Gasteiger partial charge in [-0.1, -0.05) is 0 Å². The molecule has 90 valence electrons. The summed E-state index contributed by atoms with van der Waals surface area (Å²) in [6.45, 7) is 6.24. The molecule has 0 aromatic heterocycles. The molecule has 0 spiro atoms. The molecule has 0 aliphatic heterocycles. The fourth-order valence-corrected chi connectivity index (χ4v) is 1.03. The van der Waals surface area contributed by atoms with Crippen LogP contribution in [0.2, 0.25) is 0 Å². The van der Waals surface area contributed by atoms with Crippen LogP contribution in [-0.4, -0.2) is 23.9 Å². The van der Waals surface area contributed by atoms with E-state index in [1.54, 1.807) is 0 Å². The average Bonchev–Trinajstić information content (AvgIpc) is 2.15. The average molecular weight is 244 g/mol. The minimum atomic E-state index is -0.367. The van der Waals surface area contributed by atoms with E-state index >= 15 is 0 Å². The number of nitrogens with zero attached hydrogens (tertiary/aromatic N) is 1. The molecule has 2 N–H and O–H groups in total. The van der Waals surface area contributed by atoms with E-state index in [1.165, 1.54) is 6.20 Å². The maximum atomic E-state index is 11.6. The summed E-state index contributed by atoms with van der Waals surface area (Å²) in [5.41, 5.74) is -0.270.